The average Bonchev–Trinajstić information content (AvgIpc) is 2.86. The van der Waals surface area contributed by atoms with E-state index in [0.717, 1.165) is 12.0 Å². The van der Waals surface area contributed by atoms with Gasteiger partial charge in [-0.3, -0.25) is 9.69 Å². The minimum atomic E-state index is -0.545. The fourth-order valence-corrected chi connectivity index (χ4v) is 2.49. The van der Waals surface area contributed by atoms with Gasteiger partial charge in [0.25, 0.3) is 0 Å². The lowest BCUT2D eigenvalue weighted by atomic mass is 10.0. The molecule has 0 N–H and O–H groups in total. The molecule has 0 aliphatic carbocycles. The van der Waals surface area contributed by atoms with Crippen LogP contribution in [0.5, 0.6) is 0 Å². The number of aryl methyl sites for hydroxylation is 1. The molecule has 114 valence electrons. The minimum Gasteiger partial charge on any atom is -0.444 e. The van der Waals surface area contributed by atoms with E-state index in [2.05, 4.69) is 0 Å². The molecule has 4 nitrogen and oxygen atoms in total. The Bertz CT molecular complexity index is 528. The first-order chi connectivity index (χ1) is 9.78. The second kappa shape index (κ2) is 5.88. The van der Waals surface area contributed by atoms with E-state index in [9.17, 15) is 9.59 Å². The van der Waals surface area contributed by atoms with Crippen LogP contribution < -0.4 is 0 Å². The highest BCUT2D eigenvalue weighted by Gasteiger charge is 2.36. The largest absolute Gasteiger partial charge is 0.444 e. The number of likely N-dealkylation sites (tertiary alicyclic amines) is 1. The molecule has 1 aliphatic heterocycles. The van der Waals surface area contributed by atoms with E-state index >= 15 is 0 Å². The monoisotopic (exact) mass is 289 g/mol. The van der Waals surface area contributed by atoms with Gasteiger partial charge in [-0.25, -0.2) is 4.79 Å². The Morgan fingerprint density at radius 3 is 2.38 bits per heavy atom. The first kappa shape index (κ1) is 15.5. The maximum absolute atomic E-state index is 12.6. The van der Waals surface area contributed by atoms with Gasteiger partial charge in [-0.1, -0.05) is 29.8 Å². The zero-order chi connectivity index (χ0) is 15.6. The number of Topliss-reactive ketones (excluding diaryl/α,β-unsaturated/α-hetero) is 1. The van der Waals surface area contributed by atoms with Gasteiger partial charge >= 0.3 is 6.09 Å². The maximum Gasteiger partial charge on any atom is 0.410 e. The minimum absolute atomic E-state index is 0.00152. The summed E-state index contributed by atoms with van der Waals surface area (Å²) in [6.45, 7) is 8.06. The summed E-state index contributed by atoms with van der Waals surface area (Å²) in [6.07, 6.45) is 1.14. The highest BCUT2D eigenvalue weighted by Crippen LogP contribution is 2.24. The van der Waals surface area contributed by atoms with Crippen molar-refractivity contribution in [3.8, 4) is 0 Å². The Morgan fingerprint density at radius 1 is 1.19 bits per heavy atom. The van der Waals surface area contributed by atoms with Gasteiger partial charge < -0.3 is 4.74 Å². The van der Waals surface area contributed by atoms with E-state index in [1.165, 1.54) is 0 Å². The summed E-state index contributed by atoms with van der Waals surface area (Å²) in [5.74, 6) is -0.00152. The molecule has 1 aromatic carbocycles. The molecule has 1 saturated heterocycles. The Hall–Kier alpha value is -1.84. The van der Waals surface area contributed by atoms with Gasteiger partial charge in [-0.05, 0) is 40.5 Å². The van der Waals surface area contributed by atoms with E-state index in [-0.39, 0.29) is 5.78 Å². The average molecular weight is 289 g/mol. The van der Waals surface area contributed by atoms with E-state index in [1.807, 2.05) is 52.0 Å². The molecule has 1 amide bonds. The number of nitrogens with zero attached hydrogens (tertiary/aromatic N) is 1. The molecule has 4 heteroatoms. The fraction of sp³-hybridized carbons (Fsp3) is 0.529. The van der Waals surface area contributed by atoms with Gasteiger partial charge in [0.15, 0.2) is 5.78 Å². The third-order valence-electron chi connectivity index (χ3n) is 3.52. The van der Waals surface area contributed by atoms with E-state index in [4.69, 9.17) is 4.74 Å². The summed E-state index contributed by atoms with van der Waals surface area (Å²) >= 11 is 0. The summed E-state index contributed by atoms with van der Waals surface area (Å²) in [6, 6.07) is 7.08. The first-order valence-electron chi connectivity index (χ1n) is 7.38. The lowest BCUT2D eigenvalue weighted by molar-refractivity contribution is 0.0222. The zero-order valence-electron chi connectivity index (χ0n) is 13.2. The number of rotatable bonds is 2. The standard InChI is InChI=1S/C17H23NO3/c1-12-7-9-13(10-8-12)15(19)14-6-5-11-18(14)16(20)21-17(2,3)4/h7-10,14H,5-6,11H2,1-4H3. The predicted molar refractivity (Wildman–Crippen MR) is 81.5 cm³/mol. The Balaban J connectivity index is 2.13. The Kier molecular flexibility index (Phi) is 4.35. The molecule has 1 unspecified atom stereocenters. The van der Waals surface area contributed by atoms with Crippen LogP contribution in [0, 0.1) is 6.92 Å². The van der Waals surface area contributed by atoms with Gasteiger partial charge in [0.05, 0.1) is 6.04 Å². The molecule has 0 bridgehead atoms. The van der Waals surface area contributed by atoms with Gasteiger partial charge in [0.1, 0.15) is 5.60 Å². The molecule has 0 aromatic heterocycles. The summed E-state index contributed by atoms with van der Waals surface area (Å²) in [5, 5.41) is 0. The molecule has 21 heavy (non-hydrogen) atoms. The van der Waals surface area contributed by atoms with Crippen LogP contribution in [0.25, 0.3) is 0 Å². The molecule has 1 atom stereocenters. The van der Waals surface area contributed by atoms with Gasteiger partial charge in [0.2, 0.25) is 0 Å². The van der Waals surface area contributed by atoms with Crippen LogP contribution in [0.15, 0.2) is 24.3 Å². The van der Waals surface area contributed by atoms with E-state index < -0.39 is 17.7 Å². The first-order valence-corrected chi connectivity index (χ1v) is 7.38. The molecular weight excluding hydrogens is 266 g/mol. The molecular formula is C17H23NO3. The molecule has 1 fully saturated rings. The van der Waals surface area contributed by atoms with Crippen LogP contribution in [0.3, 0.4) is 0 Å². The number of hydrogen-bond acceptors (Lipinski definition) is 3. The maximum atomic E-state index is 12.6. The van der Waals surface area contributed by atoms with Crippen LogP contribution in [-0.2, 0) is 4.74 Å². The van der Waals surface area contributed by atoms with E-state index in [1.54, 1.807) is 4.90 Å². The van der Waals surface area contributed by atoms with E-state index in [0.29, 0.717) is 18.5 Å². The third kappa shape index (κ3) is 3.84. The van der Waals surface area contributed by atoms with Crippen molar-refractivity contribution in [3.05, 3.63) is 35.4 Å². The highest BCUT2D eigenvalue weighted by molar-refractivity contribution is 6.01. The Morgan fingerprint density at radius 2 is 1.81 bits per heavy atom. The lowest BCUT2D eigenvalue weighted by Crippen LogP contribution is -2.43. The SMILES string of the molecule is Cc1ccc(C(=O)C2CCCN2C(=O)OC(C)(C)C)cc1. The zero-order valence-corrected chi connectivity index (χ0v) is 13.2. The summed E-state index contributed by atoms with van der Waals surface area (Å²) in [7, 11) is 0. The number of hydrogen-bond donors (Lipinski definition) is 0. The van der Waals surface area contributed by atoms with Crippen LogP contribution in [0.2, 0.25) is 0 Å². The molecule has 2 rings (SSSR count). The summed E-state index contributed by atoms with van der Waals surface area (Å²) in [4.78, 5) is 26.4. The number of ketones is 1. The van der Waals surface area contributed by atoms with Crippen LogP contribution >= 0.6 is 0 Å². The number of carbonyl (C=O) groups excluding carboxylic acids is 2. The van der Waals surface area contributed by atoms with Crippen molar-refractivity contribution in [2.45, 2.75) is 52.2 Å². The number of benzene rings is 1. The third-order valence-corrected chi connectivity index (χ3v) is 3.52. The number of ether oxygens (including phenoxy) is 1. The fourth-order valence-electron chi connectivity index (χ4n) is 2.49. The summed E-state index contributed by atoms with van der Waals surface area (Å²) < 4.78 is 5.39. The van der Waals surface area contributed by atoms with Crippen LogP contribution in [0.1, 0.15) is 49.5 Å². The van der Waals surface area contributed by atoms with Crippen LogP contribution in [-0.4, -0.2) is 35.0 Å². The Labute approximate surface area is 126 Å². The predicted octanol–water partition coefficient (Wildman–Crippen LogP) is 3.58. The second-order valence-electron chi connectivity index (χ2n) is 6.56. The van der Waals surface area contributed by atoms with Crippen molar-refractivity contribution >= 4 is 11.9 Å². The number of amides is 1. The van der Waals surface area contributed by atoms with Gasteiger partial charge in [-0.2, -0.15) is 0 Å². The highest BCUT2D eigenvalue weighted by atomic mass is 16.6. The molecule has 0 saturated carbocycles. The topological polar surface area (TPSA) is 46.6 Å². The molecule has 1 heterocycles. The van der Waals surface area contributed by atoms with Crippen molar-refractivity contribution in [1.82, 2.24) is 4.90 Å². The van der Waals surface area contributed by atoms with Crippen molar-refractivity contribution < 1.29 is 14.3 Å². The normalized spacial score (nSPS) is 18.7. The number of carbonyl (C=O) groups is 2. The second-order valence-corrected chi connectivity index (χ2v) is 6.56. The van der Waals surface area contributed by atoms with Crippen LogP contribution in [0.4, 0.5) is 4.79 Å². The smallest absolute Gasteiger partial charge is 0.410 e. The molecule has 0 radical (unpaired) electrons. The lowest BCUT2D eigenvalue weighted by Gasteiger charge is -2.28. The van der Waals surface area contributed by atoms with Crippen molar-refractivity contribution in [1.29, 1.82) is 0 Å². The van der Waals surface area contributed by atoms with Gasteiger partial charge in [0, 0.05) is 12.1 Å². The van der Waals surface area contributed by atoms with Crippen molar-refractivity contribution in [2.75, 3.05) is 6.54 Å². The summed E-state index contributed by atoms with van der Waals surface area (Å²) in [5.41, 5.74) is 1.22. The molecule has 0 spiro atoms. The van der Waals surface area contributed by atoms with Crippen molar-refractivity contribution in [3.63, 3.8) is 0 Å². The van der Waals surface area contributed by atoms with Gasteiger partial charge in [-0.15, -0.1) is 0 Å². The molecule has 1 aliphatic rings. The quantitative estimate of drug-likeness (QED) is 0.782. The van der Waals surface area contributed by atoms with Crippen molar-refractivity contribution in [2.24, 2.45) is 0 Å². The molecule has 1 aromatic rings.